The Balaban J connectivity index is 2.21. The maximum absolute atomic E-state index is 12.3. The van der Waals surface area contributed by atoms with E-state index >= 15 is 0 Å². The number of thioether (sulfide) groups is 1. The highest BCUT2D eigenvalue weighted by molar-refractivity contribution is 8.00. The number of amides is 2. The van der Waals surface area contributed by atoms with Gasteiger partial charge in [-0.1, -0.05) is 12.1 Å². The molecule has 2 rings (SSSR count). The van der Waals surface area contributed by atoms with Gasteiger partial charge in [0.05, 0.1) is 17.1 Å². The van der Waals surface area contributed by atoms with Crippen molar-refractivity contribution < 1.29 is 9.59 Å². The van der Waals surface area contributed by atoms with Gasteiger partial charge in [0.15, 0.2) is 0 Å². The molecule has 8 nitrogen and oxygen atoms in total. The number of nitrogens with two attached hydrogens (primary N) is 1. The number of hydrogen-bond donors (Lipinski definition) is 2. The van der Waals surface area contributed by atoms with E-state index in [0.717, 1.165) is 4.68 Å². The number of para-hydroxylation sites is 1. The number of benzene rings is 1. The molecule has 0 saturated carbocycles. The molecular weight excluding hydrogens is 354 g/mol. The lowest BCUT2D eigenvalue weighted by molar-refractivity contribution is -0.117. The summed E-state index contributed by atoms with van der Waals surface area (Å²) in [5.74, 6) is -0.860. The van der Waals surface area contributed by atoms with E-state index in [1.807, 2.05) is 6.07 Å². The Kier molecular flexibility index (Phi) is 6.14. The molecule has 0 aliphatic carbocycles. The highest BCUT2D eigenvalue weighted by Crippen LogP contribution is 2.26. The van der Waals surface area contributed by atoms with Gasteiger partial charge in [-0.25, -0.2) is 4.68 Å². The van der Waals surface area contributed by atoms with Crippen LogP contribution in [0, 0.1) is 25.2 Å². The number of nitrogens with one attached hydrogen (secondary N) is 1. The van der Waals surface area contributed by atoms with Crippen LogP contribution in [-0.2, 0) is 16.1 Å². The summed E-state index contributed by atoms with van der Waals surface area (Å²) >= 11 is 1.20. The molecule has 1 aromatic carbocycles. The summed E-state index contributed by atoms with van der Waals surface area (Å²) in [5, 5.41) is 15.9. The molecule has 0 bridgehead atoms. The Morgan fingerprint density at radius 3 is 2.69 bits per heavy atom. The lowest BCUT2D eigenvalue weighted by atomic mass is 10.1. The van der Waals surface area contributed by atoms with Gasteiger partial charge in [-0.2, -0.15) is 10.4 Å². The molecule has 0 aliphatic heterocycles. The van der Waals surface area contributed by atoms with E-state index in [9.17, 15) is 14.4 Å². The zero-order valence-corrected chi connectivity index (χ0v) is 15.1. The van der Waals surface area contributed by atoms with Gasteiger partial charge in [0.1, 0.15) is 18.2 Å². The number of nitriles is 1. The fourth-order valence-electron chi connectivity index (χ4n) is 2.18. The van der Waals surface area contributed by atoms with Gasteiger partial charge >= 0.3 is 0 Å². The van der Waals surface area contributed by atoms with Gasteiger partial charge in [0.2, 0.25) is 11.8 Å². The molecule has 134 valence electrons. The molecular formula is C17H17N5O3S. The smallest absolute Gasteiger partial charge is 0.285 e. The van der Waals surface area contributed by atoms with E-state index < -0.39 is 17.4 Å². The van der Waals surface area contributed by atoms with E-state index in [-0.39, 0.29) is 17.9 Å². The maximum Gasteiger partial charge on any atom is 0.285 e. The maximum atomic E-state index is 12.3. The second-order valence-electron chi connectivity index (χ2n) is 5.46. The number of primary amides is 1. The van der Waals surface area contributed by atoms with Crippen molar-refractivity contribution in [2.24, 2.45) is 5.73 Å². The largest absolute Gasteiger partial charge is 0.369 e. The number of aromatic nitrogens is 2. The monoisotopic (exact) mass is 371 g/mol. The molecule has 0 atom stereocenters. The normalized spacial score (nSPS) is 10.2. The van der Waals surface area contributed by atoms with Crippen molar-refractivity contribution in [3.8, 4) is 6.07 Å². The highest BCUT2D eigenvalue weighted by atomic mass is 32.2. The fraction of sp³-hybridized carbons (Fsp3) is 0.235. The van der Waals surface area contributed by atoms with Gasteiger partial charge < -0.3 is 11.1 Å². The zero-order chi connectivity index (χ0) is 19.3. The summed E-state index contributed by atoms with van der Waals surface area (Å²) < 4.78 is 0.968. The summed E-state index contributed by atoms with van der Waals surface area (Å²) in [4.78, 5) is 36.2. The molecule has 2 amide bonds. The minimum atomic E-state index is -0.609. The Morgan fingerprint density at radius 1 is 1.35 bits per heavy atom. The first-order chi connectivity index (χ1) is 12.3. The number of carbonyl (C=O) groups excluding carboxylic acids is 2. The SMILES string of the molecule is Cc1nn(CC(=O)Nc2ccccc2SCC(N)=O)c(=O)c(C#N)c1C. The van der Waals surface area contributed by atoms with Crippen LogP contribution < -0.4 is 16.6 Å². The molecule has 0 spiro atoms. The quantitative estimate of drug-likeness (QED) is 0.727. The van der Waals surface area contributed by atoms with Crippen molar-refractivity contribution in [2.75, 3.05) is 11.1 Å². The molecule has 0 radical (unpaired) electrons. The predicted molar refractivity (Wildman–Crippen MR) is 97.7 cm³/mol. The number of carbonyl (C=O) groups is 2. The van der Waals surface area contributed by atoms with Crippen molar-refractivity contribution in [1.29, 1.82) is 5.26 Å². The Bertz CT molecular complexity index is 962. The first-order valence-corrected chi connectivity index (χ1v) is 8.60. The van der Waals surface area contributed by atoms with Crippen LogP contribution in [0.15, 0.2) is 34.0 Å². The first kappa shape index (κ1) is 19.2. The third-order valence-electron chi connectivity index (χ3n) is 3.57. The van der Waals surface area contributed by atoms with Crippen molar-refractivity contribution in [3.63, 3.8) is 0 Å². The third-order valence-corrected chi connectivity index (χ3v) is 4.67. The van der Waals surface area contributed by atoms with Gasteiger partial charge in [-0.15, -0.1) is 11.8 Å². The summed E-state index contributed by atoms with van der Waals surface area (Å²) in [5.41, 5.74) is 6.02. The summed E-state index contributed by atoms with van der Waals surface area (Å²) in [7, 11) is 0. The minimum absolute atomic E-state index is 0.0253. The number of rotatable bonds is 6. The van der Waals surface area contributed by atoms with Gasteiger partial charge in [-0.05, 0) is 31.5 Å². The second-order valence-corrected chi connectivity index (χ2v) is 6.48. The average Bonchev–Trinajstić information content (AvgIpc) is 2.59. The van der Waals surface area contributed by atoms with Crippen LogP contribution in [0.25, 0.3) is 0 Å². The predicted octanol–water partition coefficient (Wildman–Crippen LogP) is 0.948. The first-order valence-electron chi connectivity index (χ1n) is 7.62. The molecule has 26 heavy (non-hydrogen) atoms. The number of aryl methyl sites for hydroxylation is 1. The third kappa shape index (κ3) is 4.49. The topological polar surface area (TPSA) is 131 Å². The van der Waals surface area contributed by atoms with Crippen molar-refractivity contribution in [3.05, 3.63) is 51.4 Å². The number of hydrogen-bond acceptors (Lipinski definition) is 6. The summed E-state index contributed by atoms with van der Waals surface area (Å²) in [6.45, 7) is 2.97. The average molecular weight is 371 g/mol. The van der Waals surface area contributed by atoms with E-state index in [0.29, 0.717) is 21.8 Å². The van der Waals surface area contributed by atoms with Crippen LogP contribution in [0.1, 0.15) is 16.8 Å². The van der Waals surface area contributed by atoms with Gasteiger partial charge in [0.25, 0.3) is 5.56 Å². The molecule has 1 aromatic heterocycles. The fourth-order valence-corrected chi connectivity index (χ4v) is 2.93. The second kappa shape index (κ2) is 8.31. The number of anilines is 1. The minimum Gasteiger partial charge on any atom is -0.369 e. The zero-order valence-electron chi connectivity index (χ0n) is 14.3. The Labute approximate surface area is 154 Å². The summed E-state index contributed by atoms with van der Waals surface area (Å²) in [6.07, 6.45) is 0. The van der Waals surface area contributed by atoms with Crippen LogP contribution >= 0.6 is 11.8 Å². The molecule has 2 aromatic rings. The molecule has 0 fully saturated rings. The van der Waals surface area contributed by atoms with Crippen molar-refractivity contribution >= 4 is 29.3 Å². The standard InChI is InChI=1S/C17H17N5O3S/c1-10-11(2)21-22(17(25)12(10)7-18)8-16(24)20-13-5-3-4-6-14(13)26-9-15(19)23/h3-6H,8-9H2,1-2H3,(H2,19,23)(H,20,24). The van der Waals surface area contributed by atoms with E-state index in [1.54, 1.807) is 38.1 Å². The van der Waals surface area contributed by atoms with Crippen LogP contribution in [0.5, 0.6) is 0 Å². The van der Waals surface area contributed by atoms with E-state index in [1.165, 1.54) is 11.8 Å². The molecule has 9 heteroatoms. The lowest BCUT2D eigenvalue weighted by Gasteiger charge is -2.12. The van der Waals surface area contributed by atoms with Crippen molar-refractivity contribution in [1.82, 2.24) is 9.78 Å². The lowest BCUT2D eigenvalue weighted by Crippen LogP contribution is -2.32. The summed E-state index contributed by atoms with van der Waals surface area (Å²) in [6, 6.07) is 8.78. The molecule has 0 saturated heterocycles. The van der Waals surface area contributed by atoms with E-state index in [4.69, 9.17) is 11.0 Å². The molecule has 3 N–H and O–H groups in total. The van der Waals surface area contributed by atoms with Crippen LogP contribution in [-0.4, -0.2) is 27.3 Å². The van der Waals surface area contributed by atoms with Crippen LogP contribution in [0.2, 0.25) is 0 Å². The van der Waals surface area contributed by atoms with Gasteiger partial charge in [0, 0.05) is 4.90 Å². The highest BCUT2D eigenvalue weighted by Gasteiger charge is 2.15. The Morgan fingerprint density at radius 2 is 2.04 bits per heavy atom. The molecule has 0 unspecified atom stereocenters. The van der Waals surface area contributed by atoms with Crippen LogP contribution in [0.3, 0.4) is 0 Å². The Hall–Kier alpha value is -3.12. The number of nitrogens with zero attached hydrogens (tertiary/aromatic N) is 3. The van der Waals surface area contributed by atoms with Crippen molar-refractivity contribution in [2.45, 2.75) is 25.3 Å². The van der Waals surface area contributed by atoms with Crippen LogP contribution in [0.4, 0.5) is 5.69 Å². The van der Waals surface area contributed by atoms with Gasteiger partial charge in [-0.3, -0.25) is 14.4 Å². The molecule has 1 heterocycles. The van der Waals surface area contributed by atoms with E-state index in [2.05, 4.69) is 10.4 Å². The molecule has 0 aliphatic rings.